The Morgan fingerprint density at radius 1 is 1.47 bits per heavy atom. The smallest absolute Gasteiger partial charge is 0.0897 e. The highest BCUT2D eigenvalue weighted by atomic mass is 32.1. The van der Waals surface area contributed by atoms with E-state index in [1.165, 1.54) is 49.5 Å². The van der Waals surface area contributed by atoms with Crippen LogP contribution in [0.25, 0.3) is 0 Å². The van der Waals surface area contributed by atoms with Crippen molar-refractivity contribution in [2.45, 2.75) is 51.2 Å². The molecule has 4 heteroatoms. The molecule has 94 valence electrons. The zero-order valence-electron chi connectivity index (χ0n) is 10.5. The third-order valence-electron chi connectivity index (χ3n) is 3.75. The van der Waals surface area contributed by atoms with Crippen LogP contribution in [0.5, 0.6) is 0 Å². The molecule has 0 amide bonds. The van der Waals surface area contributed by atoms with E-state index in [0.29, 0.717) is 0 Å². The minimum Gasteiger partial charge on any atom is -0.312 e. The minimum atomic E-state index is 0.734. The van der Waals surface area contributed by atoms with Gasteiger partial charge in [-0.05, 0) is 39.2 Å². The zero-order chi connectivity index (χ0) is 11.7. The van der Waals surface area contributed by atoms with Gasteiger partial charge >= 0.3 is 0 Å². The summed E-state index contributed by atoms with van der Waals surface area (Å²) in [5.41, 5.74) is 1.26. The SMILES string of the molecule is Cc1nc(CN2CCCC2CNC2CC2)cs1. The van der Waals surface area contributed by atoms with Crippen molar-refractivity contribution in [3.63, 3.8) is 0 Å². The fraction of sp³-hybridized carbons (Fsp3) is 0.769. The lowest BCUT2D eigenvalue weighted by Crippen LogP contribution is -2.38. The van der Waals surface area contributed by atoms with Crippen LogP contribution in [-0.4, -0.2) is 35.1 Å². The second-order valence-corrected chi connectivity index (χ2v) is 6.37. The van der Waals surface area contributed by atoms with Crippen LogP contribution in [0, 0.1) is 6.92 Å². The van der Waals surface area contributed by atoms with Crippen LogP contribution < -0.4 is 5.32 Å². The number of thiazole rings is 1. The van der Waals surface area contributed by atoms with Crippen LogP contribution in [0.1, 0.15) is 36.4 Å². The quantitative estimate of drug-likeness (QED) is 0.869. The van der Waals surface area contributed by atoms with Crippen molar-refractivity contribution in [3.8, 4) is 0 Å². The van der Waals surface area contributed by atoms with Crippen LogP contribution >= 0.6 is 11.3 Å². The average molecular weight is 251 g/mol. The van der Waals surface area contributed by atoms with Crippen molar-refractivity contribution >= 4 is 11.3 Å². The van der Waals surface area contributed by atoms with Crippen molar-refractivity contribution in [1.82, 2.24) is 15.2 Å². The van der Waals surface area contributed by atoms with E-state index in [1.54, 1.807) is 11.3 Å². The van der Waals surface area contributed by atoms with Crippen LogP contribution in [0.2, 0.25) is 0 Å². The Labute approximate surface area is 107 Å². The number of hydrogen-bond acceptors (Lipinski definition) is 4. The maximum atomic E-state index is 4.57. The predicted octanol–water partition coefficient (Wildman–Crippen LogP) is 2.17. The first-order chi connectivity index (χ1) is 8.31. The summed E-state index contributed by atoms with van der Waals surface area (Å²) in [7, 11) is 0. The van der Waals surface area contributed by atoms with Gasteiger partial charge in [-0.15, -0.1) is 11.3 Å². The Bertz CT molecular complexity index is 372. The summed E-state index contributed by atoms with van der Waals surface area (Å²) >= 11 is 1.76. The normalized spacial score (nSPS) is 25.6. The summed E-state index contributed by atoms with van der Waals surface area (Å²) in [6.45, 7) is 5.55. The van der Waals surface area contributed by atoms with Gasteiger partial charge in [0, 0.05) is 30.6 Å². The first-order valence-electron chi connectivity index (χ1n) is 6.70. The van der Waals surface area contributed by atoms with Crippen molar-refractivity contribution in [1.29, 1.82) is 0 Å². The Morgan fingerprint density at radius 2 is 2.35 bits per heavy atom. The molecule has 1 aromatic rings. The predicted molar refractivity (Wildman–Crippen MR) is 71.3 cm³/mol. The van der Waals surface area contributed by atoms with Gasteiger partial charge in [-0.3, -0.25) is 4.90 Å². The molecule has 0 spiro atoms. The Morgan fingerprint density at radius 3 is 3.06 bits per heavy atom. The van der Waals surface area contributed by atoms with E-state index in [1.807, 2.05) is 0 Å². The molecular weight excluding hydrogens is 230 g/mol. The average Bonchev–Trinajstić information content (AvgIpc) is 2.90. The van der Waals surface area contributed by atoms with E-state index < -0.39 is 0 Å². The van der Waals surface area contributed by atoms with Crippen LogP contribution in [0.3, 0.4) is 0 Å². The molecule has 2 heterocycles. The summed E-state index contributed by atoms with van der Waals surface area (Å²) in [6, 6.07) is 1.57. The van der Waals surface area contributed by atoms with Gasteiger partial charge in [-0.25, -0.2) is 4.98 Å². The fourth-order valence-electron chi connectivity index (χ4n) is 2.61. The first kappa shape index (κ1) is 11.6. The van der Waals surface area contributed by atoms with Gasteiger partial charge in [0.05, 0.1) is 10.7 Å². The molecule has 3 rings (SSSR count). The zero-order valence-corrected chi connectivity index (χ0v) is 11.3. The number of nitrogens with one attached hydrogen (secondary N) is 1. The summed E-state index contributed by atoms with van der Waals surface area (Å²) in [4.78, 5) is 7.17. The lowest BCUT2D eigenvalue weighted by molar-refractivity contribution is 0.236. The molecule has 2 aliphatic rings. The maximum Gasteiger partial charge on any atom is 0.0897 e. The highest BCUT2D eigenvalue weighted by molar-refractivity contribution is 7.09. The summed E-state index contributed by atoms with van der Waals surface area (Å²) < 4.78 is 0. The van der Waals surface area contributed by atoms with Crippen LogP contribution in [-0.2, 0) is 6.54 Å². The maximum absolute atomic E-state index is 4.57. The van der Waals surface area contributed by atoms with E-state index in [4.69, 9.17) is 0 Å². The Kier molecular flexibility index (Phi) is 3.45. The third-order valence-corrected chi connectivity index (χ3v) is 4.57. The molecular formula is C13H21N3S. The van der Waals surface area contributed by atoms with Crippen molar-refractivity contribution < 1.29 is 0 Å². The standard InChI is InChI=1S/C13H21N3S/c1-10-15-12(9-17-10)8-16-6-2-3-13(16)7-14-11-4-5-11/h9,11,13-14H,2-8H2,1H3. The van der Waals surface area contributed by atoms with Gasteiger partial charge in [-0.1, -0.05) is 0 Å². The van der Waals surface area contributed by atoms with E-state index in [2.05, 4.69) is 27.5 Å². The number of likely N-dealkylation sites (tertiary alicyclic amines) is 1. The van der Waals surface area contributed by atoms with E-state index in [0.717, 1.165) is 18.6 Å². The molecule has 1 aliphatic carbocycles. The number of hydrogen-bond donors (Lipinski definition) is 1. The minimum absolute atomic E-state index is 0.734. The Balaban J connectivity index is 1.53. The molecule has 1 unspecified atom stereocenters. The summed E-state index contributed by atoms with van der Waals surface area (Å²) in [5.74, 6) is 0. The van der Waals surface area contributed by atoms with Crippen molar-refractivity contribution in [2.75, 3.05) is 13.1 Å². The highest BCUT2D eigenvalue weighted by Gasteiger charge is 2.27. The molecule has 1 N–H and O–H groups in total. The fourth-order valence-corrected chi connectivity index (χ4v) is 3.22. The van der Waals surface area contributed by atoms with Crippen molar-refractivity contribution in [2.24, 2.45) is 0 Å². The first-order valence-corrected chi connectivity index (χ1v) is 7.57. The molecule has 2 fully saturated rings. The van der Waals surface area contributed by atoms with Crippen LogP contribution in [0.15, 0.2) is 5.38 Å². The summed E-state index contributed by atoms with van der Waals surface area (Å²) in [6.07, 6.45) is 5.47. The van der Waals surface area contributed by atoms with Crippen molar-refractivity contribution in [3.05, 3.63) is 16.1 Å². The third kappa shape index (κ3) is 3.06. The van der Waals surface area contributed by atoms with Gasteiger partial charge in [0.25, 0.3) is 0 Å². The van der Waals surface area contributed by atoms with E-state index >= 15 is 0 Å². The van der Waals surface area contributed by atoms with Gasteiger partial charge in [0.15, 0.2) is 0 Å². The van der Waals surface area contributed by atoms with Gasteiger partial charge < -0.3 is 5.32 Å². The monoisotopic (exact) mass is 251 g/mol. The molecule has 1 atom stereocenters. The second kappa shape index (κ2) is 5.04. The number of nitrogens with zero attached hydrogens (tertiary/aromatic N) is 2. The molecule has 0 bridgehead atoms. The number of aryl methyl sites for hydroxylation is 1. The van der Waals surface area contributed by atoms with Crippen LogP contribution in [0.4, 0.5) is 0 Å². The molecule has 0 aromatic carbocycles. The molecule has 1 saturated carbocycles. The highest BCUT2D eigenvalue weighted by Crippen LogP contribution is 2.23. The number of aromatic nitrogens is 1. The Hall–Kier alpha value is -0.450. The molecule has 0 radical (unpaired) electrons. The van der Waals surface area contributed by atoms with E-state index in [-0.39, 0.29) is 0 Å². The number of rotatable bonds is 5. The molecule has 17 heavy (non-hydrogen) atoms. The van der Waals surface area contributed by atoms with E-state index in [9.17, 15) is 0 Å². The van der Waals surface area contributed by atoms with Gasteiger partial charge in [-0.2, -0.15) is 0 Å². The molecule has 1 saturated heterocycles. The lowest BCUT2D eigenvalue weighted by atomic mass is 10.2. The second-order valence-electron chi connectivity index (χ2n) is 5.31. The van der Waals surface area contributed by atoms with Gasteiger partial charge in [0.2, 0.25) is 0 Å². The lowest BCUT2D eigenvalue weighted by Gasteiger charge is -2.23. The summed E-state index contributed by atoms with van der Waals surface area (Å²) in [5, 5.41) is 7.05. The molecule has 3 nitrogen and oxygen atoms in total. The largest absolute Gasteiger partial charge is 0.312 e. The molecule has 1 aliphatic heterocycles. The topological polar surface area (TPSA) is 28.2 Å². The van der Waals surface area contributed by atoms with Gasteiger partial charge in [0.1, 0.15) is 0 Å². The molecule has 1 aromatic heterocycles.